The van der Waals surface area contributed by atoms with Gasteiger partial charge in [0.15, 0.2) is 0 Å². The molecule has 0 unspecified atom stereocenters. The molecule has 0 atom stereocenters. The molecule has 0 saturated heterocycles. The molecule has 7 nitrogen and oxygen atoms in total. The number of anilines is 1. The van der Waals surface area contributed by atoms with E-state index in [0.29, 0.717) is 40.3 Å². The number of amides is 1. The van der Waals surface area contributed by atoms with Gasteiger partial charge in [-0.3, -0.25) is 9.59 Å². The first-order valence-corrected chi connectivity index (χ1v) is 11.4. The number of carbonyl (C=O) groups is 1. The fourth-order valence-electron chi connectivity index (χ4n) is 3.54. The van der Waals surface area contributed by atoms with E-state index < -0.39 is 0 Å². The third-order valence-electron chi connectivity index (χ3n) is 5.13. The van der Waals surface area contributed by atoms with Gasteiger partial charge in [-0.05, 0) is 61.7 Å². The number of ether oxygens (including phenoxy) is 1. The fourth-order valence-corrected chi connectivity index (χ4v) is 3.95. The van der Waals surface area contributed by atoms with Crippen molar-refractivity contribution in [1.82, 2.24) is 14.9 Å². The molecule has 0 aliphatic carbocycles. The van der Waals surface area contributed by atoms with Crippen LogP contribution in [0.1, 0.15) is 17.4 Å². The number of thioether (sulfide) groups is 1. The molecule has 8 heteroatoms. The van der Waals surface area contributed by atoms with Gasteiger partial charge in [0.1, 0.15) is 22.7 Å². The topological polar surface area (TPSA) is 102 Å². The minimum atomic E-state index is -0.269. The van der Waals surface area contributed by atoms with Gasteiger partial charge >= 0.3 is 0 Å². The number of rotatable bonds is 6. The van der Waals surface area contributed by atoms with Gasteiger partial charge in [-0.2, -0.15) is 0 Å². The van der Waals surface area contributed by atoms with Crippen molar-refractivity contribution < 1.29 is 9.53 Å². The summed E-state index contributed by atoms with van der Waals surface area (Å²) in [7, 11) is 1.67. The van der Waals surface area contributed by atoms with E-state index in [4.69, 9.17) is 10.5 Å². The maximum atomic E-state index is 12.8. The Morgan fingerprint density at radius 3 is 2.59 bits per heavy atom. The summed E-state index contributed by atoms with van der Waals surface area (Å²) in [5.41, 5.74) is 8.57. The highest BCUT2D eigenvalue weighted by Crippen LogP contribution is 2.38. The number of fused-ring (bicyclic) bond motifs is 1. The molecule has 1 amide bonds. The summed E-state index contributed by atoms with van der Waals surface area (Å²) in [6.07, 6.45) is 3.75. The highest BCUT2D eigenvalue weighted by molar-refractivity contribution is 7.98. The predicted molar refractivity (Wildman–Crippen MR) is 130 cm³/mol. The second-order valence-electron chi connectivity index (χ2n) is 7.32. The number of carbonyl (C=O) groups excluding carboxylic acids is 1. The van der Waals surface area contributed by atoms with E-state index in [9.17, 15) is 9.59 Å². The Bertz CT molecular complexity index is 1360. The Labute approximate surface area is 189 Å². The number of aryl methyl sites for hydroxylation is 1. The molecule has 2 aromatic heterocycles. The van der Waals surface area contributed by atoms with E-state index in [0.717, 1.165) is 16.0 Å². The average molecular weight is 449 g/mol. The maximum absolute atomic E-state index is 12.8. The molecular weight excluding hydrogens is 424 g/mol. The predicted octanol–water partition coefficient (Wildman–Crippen LogP) is 4.38. The van der Waals surface area contributed by atoms with E-state index in [2.05, 4.69) is 10.3 Å². The van der Waals surface area contributed by atoms with Gasteiger partial charge in [0.05, 0.1) is 0 Å². The Kier molecular flexibility index (Phi) is 5.96. The number of pyridine rings is 1. The first kappa shape index (κ1) is 21.6. The van der Waals surface area contributed by atoms with Crippen LogP contribution in [0.4, 0.5) is 5.69 Å². The zero-order valence-electron chi connectivity index (χ0n) is 18.1. The van der Waals surface area contributed by atoms with Crippen molar-refractivity contribution in [2.45, 2.75) is 11.8 Å². The Hall–Kier alpha value is -3.65. The number of nitrogen functional groups attached to an aromatic ring is 1. The number of hydrogen-bond acceptors (Lipinski definition) is 5. The molecule has 2 heterocycles. The van der Waals surface area contributed by atoms with Gasteiger partial charge < -0.3 is 25.3 Å². The van der Waals surface area contributed by atoms with E-state index in [1.807, 2.05) is 43.5 Å². The molecule has 0 aliphatic heterocycles. The van der Waals surface area contributed by atoms with Gasteiger partial charge in [0.2, 0.25) is 0 Å². The number of nitrogens with one attached hydrogen (secondary N) is 2. The number of nitrogens with two attached hydrogens (primary N) is 1. The number of aromatic nitrogens is 2. The molecule has 0 saturated carbocycles. The first-order valence-electron chi connectivity index (χ1n) is 10.1. The van der Waals surface area contributed by atoms with E-state index in [1.54, 1.807) is 43.2 Å². The van der Waals surface area contributed by atoms with Crippen molar-refractivity contribution in [3.8, 4) is 22.6 Å². The molecule has 4 N–H and O–H groups in total. The minimum Gasteiger partial charge on any atom is -0.457 e. The van der Waals surface area contributed by atoms with Crippen molar-refractivity contribution in [2.75, 3.05) is 18.5 Å². The zero-order valence-corrected chi connectivity index (χ0v) is 18.9. The smallest absolute Gasteiger partial charge is 0.274 e. The van der Waals surface area contributed by atoms with Crippen LogP contribution < -0.4 is 21.3 Å². The quantitative estimate of drug-likeness (QED) is 0.300. The van der Waals surface area contributed by atoms with Crippen LogP contribution in [0.3, 0.4) is 0 Å². The fraction of sp³-hybridized carbons (Fsp3) is 0.167. The highest BCUT2D eigenvalue weighted by Gasteiger charge is 2.18. The molecule has 4 rings (SSSR count). The largest absolute Gasteiger partial charge is 0.457 e. The number of nitrogens with zero attached hydrogens (tertiary/aromatic N) is 1. The summed E-state index contributed by atoms with van der Waals surface area (Å²) in [6.45, 7) is 2.33. The minimum absolute atomic E-state index is 0.224. The lowest BCUT2D eigenvalue weighted by Gasteiger charge is -2.14. The summed E-state index contributed by atoms with van der Waals surface area (Å²) in [5.74, 6) is 1.01. The second-order valence-corrected chi connectivity index (χ2v) is 8.20. The van der Waals surface area contributed by atoms with Gasteiger partial charge in [-0.15, -0.1) is 11.8 Å². The normalized spacial score (nSPS) is 11.0. The van der Waals surface area contributed by atoms with Crippen molar-refractivity contribution in [2.24, 2.45) is 7.05 Å². The van der Waals surface area contributed by atoms with E-state index in [-0.39, 0.29) is 11.5 Å². The van der Waals surface area contributed by atoms with Crippen LogP contribution in [0.5, 0.6) is 11.5 Å². The summed E-state index contributed by atoms with van der Waals surface area (Å²) < 4.78 is 7.67. The maximum Gasteiger partial charge on any atom is 0.274 e. The van der Waals surface area contributed by atoms with Crippen molar-refractivity contribution in [3.05, 3.63) is 70.8 Å². The van der Waals surface area contributed by atoms with Crippen molar-refractivity contribution in [3.63, 3.8) is 0 Å². The summed E-state index contributed by atoms with van der Waals surface area (Å²) in [4.78, 5) is 29.2. The SMILES string of the molecule is CCNC(=O)c1cc2c(-c3cc(N)ccc3Oc3ccc(SC)cc3)cn(C)c(=O)c2[nH]1. The van der Waals surface area contributed by atoms with Crippen LogP contribution in [0.2, 0.25) is 0 Å². The van der Waals surface area contributed by atoms with Crippen LogP contribution in [0, 0.1) is 0 Å². The van der Waals surface area contributed by atoms with Crippen LogP contribution in [0.25, 0.3) is 22.0 Å². The lowest BCUT2D eigenvalue weighted by atomic mass is 10.0. The summed E-state index contributed by atoms with van der Waals surface area (Å²) in [5, 5.41) is 3.38. The third kappa shape index (κ3) is 4.09. The molecule has 4 aromatic rings. The van der Waals surface area contributed by atoms with Gasteiger partial charge in [-0.25, -0.2) is 0 Å². The molecule has 0 spiro atoms. The average Bonchev–Trinajstić information content (AvgIpc) is 3.24. The summed E-state index contributed by atoms with van der Waals surface area (Å²) in [6, 6.07) is 14.9. The molecule has 0 bridgehead atoms. The Morgan fingerprint density at radius 2 is 1.91 bits per heavy atom. The Balaban J connectivity index is 1.88. The molecule has 0 radical (unpaired) electrons. The number of H-pyrrole nitrogens is 1. The lowest BCUT2D eigenvalue weighted by Crippen LogP contribution is -2.23. The third-order valence-corrected chi connectivity index (χ3v) is 5.87. The van der Waals surface area contributed by atoms with Gasteiger partial charge in [0, 0.05) is 46.9 Å². The highest BCUT2D eigenvalue weighted by atomic mass is 32.2. The van der Waals surface area contributed by atoms with Crippen molar-refractivity contribution >= 4 is 34.3 Å². The number of aromatic amines is 1. The van der Waals surface area contributed by atoms with Crippen LogP contribution in [-0.2, 0) is 7.05 Å². The summed E-state index contributed by atoms with van der Waals surface area (Å²) >= 11 is 1.66. The monoisotopic (exact) mass is 448 g/mol. The number of hydrogen-bond donors (Lipinski definition) is 3. The van der Waals surface area contributed by atoms with Crippen LogP contribution in [-0.4, -0.2) is 28.3 Å². The Morgan fingerprint density at radius 1 is 1.16 bits per heavy atom. The van der Waals surface area contributed by atoms with Gasteiger partial charge in [-0.1, -0.05) is 0 Å². The van der Waals surface area contributed by atoms with Crippen LogP contribution in [0.15, 0.2) is 64.4 Å². The zero-order chi connectivity index (χ0) is 22.8. The van der Waals surface area contributed by atoms with E-state index >= 15 is 0 Å². The standard InChI is InChI=1S/C24H24N4O3S/c1-4-26-23(29)20-12-18-19(13-28(2)24(30)22(18)27-20)17-11-14(25)5-10-21(17)31-15-6-8-16(32-3)9-7-15/h5-13,27H,4,25H2,1-3H3,(H,26,29). The first-order chi connectivity index (χ1) is 15.4. The van der Waals surface area contributed by atoms with Crippen molar-refractivity contribution in [1.29, 1.82) is 0 Å². The molecule has 32 heavy (non-hydrogen) atoms. The second kappa shape index (κ2) is 8.84. The van der Waals surface area contributed by atoms with E-state index in [1.165, 1.54) is 4.57 Å². The van der Waals surface area contributed by atoms with Gasteiger partial charge in [0.25, 0.3) is 11.5 Å². The molecular formula is C24H24N4O3S. The molecule has 0 fully saturated rings. The number of benzene rings is 2. The molecule has 2 aromatic carbocycles. The van der Waals surface area contributed by atoms with Crippen LogP contribution >= 0.6 is 11.8 Å². The molecule has 0 aliphatic rings. The molecule has 164 valence electrons. The lowest BCUT2D eigenvalue weighted by molar-refractivity contribution is 0.0951.